The molecule has 33 heavy (non-hydrogen) atoms. The minimum absolute atomic E-state index is 0.125. The van der Waals surface area contributed by atoms with Gasteiger partial charge in [0.2, 0.25) is 17.7 Å². The highest BCUT2D eigenvalue weighted by molar-refractivity contribution is 8.01. The number of aromatic nitrogens is 1. The minimum Gasteiger partial charge on any atom is -0.492 e. The molecule has 0 spiro atoms. The fourth-order valence-electron chi connectivity index (χ4n) is 2.85. The van der Waals surface area contributed by atoms with Crippen LogP contribution in [0, 0.1) is 0 Å². The summed E-state index contributed by atoms with van der Waals surface area (Å²) in [5.41, 5.74) is 2.46. The summed E-state index contributed by atoms with van der Waals surface area (Å²) >= 11 is 2.68. The number of rotatable bonds is 10. The van der Waals surface area contributed by atoms with E-state index in [9.17, 15) is 14.4 Å². The van der Waals surface area contributed by atoms with Gasteiger partial charge in [-0.3, -0.25) is 14.4 Å². The average Bonchev–Trinajstić information content (AvgIpc) is 3.21. The molecule has 8 nitrogen and oxygen atoms in total. The van der Waals surface area contributed by atoms with Crippen molar-refractivity contribution in [3.05, 3.63) is 59.6 Å². The maximum atomic E-state index is 12.4. The van der Waals surface area contributed by atoms with Crippen molar-refractivity contribution in [2.45, 2.75) is 24.6 Å². The molecule has 0 bridgehead atoms. The SMILES string of the molecule is CCOc1ccccc1NC(=O)Cc1csc(SCC(=O)Nc2cccc(NC(C)=O)c2)n1. The molecule has 0 saturated heterocycles. The van der Waals surface area contributed by atoms with Gasteiger partial charge in [0, 0.05) is 23.7 Å². The predicted molar refractivity (Wildman–Crippen MR) is 132 cm³/mol. The summed E-state index contributed by atoms with van der Waals surface area (Å²) in [5.74, 6) is 0.228. The molecule has 0 aliphatic rings. The standard InChI is InChI=1S/C23H24N4O4S2/c1-3-31-20-10-5-4-9-19(20)27-21(29)12-18-13-32-23(26-18)33-14-22(30)25-17-8-6-7-16(11-17)24-15(2)28/h4-11,13H,3,12,14H2,1-2H3,(H,24,28)(H,25,30)(H,27,29). The summed E-state index contributed by atoms with van der Waals surface area (Å²) in [4.78, 5) is 40.3. The van der Waals surface area contributed by atoms with Crippen LogP contribution in [0.3, 0.4) is 0 Å². The van der Waals surface area contributed by atoms with Crippen molar-refractivity contribution in [2.24, 2.45) is 0 Å². The number of nitrogens with one attached hydrogen (secondary N) is 3. The number of ether oxygens (including phenoxy) is 1. The summed E-state index contributed by atoms with van der Waals surface area (Å²) in [6.07, 6.45) is 0.125. The average molecular weight is 485 g/mol. The predicted octanol–water partition coefficient (Wildman–Crippen LogP) is 4.41. The van der Waals surface area contributed by atoms with Gasteiger partial charge in [-0.2, -0.15) is 0 Å². The van der Waals surface area contributed by atoms with E-state index < -0.39 is 0 Å². The Morgan fingerprint density at radius 2 is 1.76 bits per heavy atom. The highest BCUT2D eigenvalue weighted by atomic mass is 32.2. The Morgan fingerprint density at radius 1 is 1.00 bits per heavy atom. The number of anilines is 3. The zero-order valence-corrected chi connectivity index (χ0v) is 19.8. The molecule has 1 heterocycles. The maximum Gasteiger partial charge on any atom is 0.234 e. The van der Waals surface area contributed by atoms with Gasteiger partial charge in [-0.15, -0.1) is 11.3 Å². The molecule has 0 saturated carbocycles. The molecule has 3 N–H and O–H groups in total. The lowest BCUT2D eigenvalue weighted by molar-refractivity contribution is -0.116. The lowest BCUT2D eigenvalue weighted by Crippen LogP contribution is -2.15. The molecule has 3 rings (SSSR count). The van der Waals surface area contributed by atoms with Gasteiger partial charge in [0.15, 0.2) is 4.34 Å². The Balaban J connectivity index is 1.48. The van der Waals surface area contributed by atoms with Crippen LogP contribution in [0.5, 0.6) is 5.75 Å². The van der Waals surface area contributed by atoms with Gasteiger partial charge in [-0.1, -0.05) is 30.0 Å². The number of nitrogens with zero attached hydrogens (tertiary/aromatic N) is 1. The van der Waals surface area contributed by atoms with Crippen LogP contribution < -0.4 is 20.7 Å². The molecule has 0 aliphatic carbocycles. The van der Waals surface area contributed by atoms with Crippen LogP contribution in [0.15, 0.2) is 58.3 Å². The normalized spacial score (nSPS) is 10.4. The van der Waals surface area contributed by atoms with Gasteiger partial charge in [-0.25, -0.2) is 4.98 Å². The summed E-state index contributed by atoms with van der Waals surface area (Å²) in [6, 6.07) is 14.2. The van der Waals surface area contributed by atoms with E-state index in [0.717, 1.165) is 0 Å². The van der Waals surface area contributed by atoms with Crippen LogP contribution in [0.4, 0.5) is 17.1 Å². The summed E-state index contributed by atoms with van der Waals surface area (Å²) in [7, 11) is 0. The first kappa shape index (κ1) is 24.3. The topological polar surface area (TPSA) is 109 Å². The number of hydrogen-bond acceptors (Lipinski definition) is 7. The van der Waals surface area contributed by atoms with E-state index in [0.29, 0.717) is 39.5 Å². The quantitative estimate of drug-likeness (QED) is 0.368. The van der Waals surface area contributed by atoms with Crippen LogP contribution in [0.25, 0.3) is 0 Å². The van der Waals surface area contributed by atoms with Crippen molar-refractivity contribution in [3.63, 3.8) is 0 Å². The lowest BCUT2D eigenvalue weighted by Gasteiger charge is -2.10. The molecule has 0 fully saturated rings. The van der Waals surface area contributed by atoms with E-state index in [1.807, 2.05) is 24.4 Å². The second kappa shape index (κ2) is 12.0. The summed E-state index contributed by atoms with van der Waals surface area (Å²) < 4.78 is 6.23. The Hall–Kier alpha value is -3.37. The van der Waals surface area contributed by atoms with Crippen molar-refractivity contribution in [2.75, 3.05) is 28.3 Å². The number of hydrogen-bond donors (Lipinski definition) is 3. The molecule has 3 aromatic rings. The van der Waals surface area contributed by atoms with E-state index in [1.165, 1.54) is 30.0 Å². The summed E-state index contributed by atoms with van der Waals surface area (Å²) in [5, 5.41) is 10.1. The number of thioether (sulfide) groups is 1. The van der Waals surface area contributed by atoms with Gasteiger partial charge in [0.25, 0.3) is 0 Å². The third kappa shape index (κ3) is 7.92. The van der Waals surface area contributed by atoms with Crippen molar-refractivity contribution >= 4 is 57.9 Å². The van der Waals surface area contributed by atoms with Crippen LogP contribution in [0.1, 0.15) is 19.5 Å². The second-order valence-electron chi connectivity index (χ2n) is 6.86. The fraction of sp³-hybridized carbons (Fsp3) is 0.217. The fourth-order valence-corrected chi connectivity index (χ4v) is 4.49. The zero-order chi connectivity index (χ0) is 23.6. The monoisotopic (exact) mass is 484 g/mol. The number of para-hydroxylation sites is 2. The van der Waals surface area contributed by atoms with Crippen molar-refractivity contribution < 1.29 is 19.1 Å². The summed E-state index contributed by atoms with van der Waals surface area (Å²) in [6.45, 7) is 3.82. The number of carbonyl (C=O) groups is 3. The molecule has 0 atom stereocenters. The van der Waals surface area contributed by atoms with Crippen molar-refractivity contribution in [3.8, 4) is 5.75 Å². The molecular formula is C23H24N4O4S2. The largest absolute Gasteiger partial charge is 0.492 e. The third-order valence-corrected chi connectivity index (χ3v) is 6.20. The Bertz CT molecular complexity index is 1130. The van der Waals surface area contributed by atoms with E-state index in [1.54, 1.807) is 36.4 Å². The molecule has 0 radical (unpaired) electrons. The van der Waals surface area contributed by atoms with Gasteiger partial charge in [0.05, 0.1) is 30.2 Å². The number of benzene rings is 2. The Kier molecular flexibility index (Phi) is 8.85. The van der Waals surface area contributed by atoms with Gasteiger partial charge in [-0.05, 0) is 37.3 Å². The van der Waals surface area contributed by atoms with E-state index in [2.05, 4.69) is 20.9 Å². The number of amides is 3. The molecule has 0 aliphatic heterocycles. The molecule has 1 aromatic heterocycles. The van der Waals surface area contributed by atoms with E-state index in [4.69, 9.17) is 4.74 Å². The zero-order valence-electron chi connectivity index (χ0n) is 18.2. The van der Waals surface area contributed by atoms with E-state index >= 15 is 0 Å². The van der Waals surface area contributed by atoms with Crippen LogP contribution in [0.2, 0.25) is 0 Å². The van der Waals surface area contributed by atoms with Crippen molar-refractivity contribution in [1.29, 1.82) is 0 Å². The van der Waals surface area contributed by atoms with Crippen molar-refractivity contribution in [1.82, 2.24) is 4.98 Å². The highest BCUT2D eigenvalue weighted by Gasteiger charge is 2.12. The third-order valence-electron chi connectivity index (χ3n) is 4.13. The number of carbonyl (C=O) groups excluding carboxylic acids is 3. The molecule has 172 valence electrons. The van der Waals surface area contributed by atoms with Crippen LogP contribution in [-0.2, 0) is 20.8 Å². The Morgan fingerprint density at radius 3 is 2.52 bits per heavy atom. The number of thiazole rings is 1. The first-order chi connectivity index (χ1) is 15.9. The van der Waals surface area contributed by atoms with Crippen LogP contribution >= 0.6 is 23.1 Å². The van der Waals surface area contributed by atoms with Crippen LogP contribution in [-0.4, -0.2) is 35.1 Å². The van der Waals surface area contributed by atoms with E-state index in [-0.39, 0.29) is 29.9 Å². The first-order valence-electron chi connectivity index (χ1n) is 10.2. The Labute approximate surface area is 200 Å². The molecule has 0 unspecified atom stereocenters. The maximum absolute atomic E-state index is 12.4. The van der Waals surface area contributed by atoms with Gasteiger partial charge >= 0.3 is 0 Å². The highest BCUT2D eigenvalue weighted by Crippen LogP contribution is 2.26. The molecule has 2 aromatic carbocycles. The second-order valence-corrected chi connectivity index (χ2v) is 8.94. The van der Waals surface area contributed by atoms with Gasteiger partial charge < -0.3 is 20.7 Å². The van der Waals surface area contributed by atoms with Gasteiger partial charge in [0.1, 0.15) is 5.75 Å². The minimum atomic E-state index is -0.194. The molecule has 10 heteroatoms. The molecule has 3 amide bonds. The molecular weight excluding hydrogens is 460 g/mol. The first-order valence-corrected chi connectivity index (χ1v) is 12.1. The lowest BCUT2D eigenvalue weighted by atomic mass is 10.2. The smallest absolute Gasteiger partial charge is 0.234 e.